The van der Waals surface area contributed by atoms with Gasteiger partial charge in [-0.3, -0.25) is 0 Å². The summed E-state index contributed by atoms with van der Waals surface area (Å²) in [5, 5.41) is 4.45. The lowest BCUT2D eigenvalue weighted by molar-refractivity contribution is 0.355. The fraction of sp³-hybridized carbons (Fsp3) is 0.467. The van der Waals surface area contributed by atoms with E-state index in [1.807, 2.05) is 13.1 Å². The molecule has 0 amide bonds. The first-order chi connectivity index (χ1) is 9.13. The Kier molecular flexibility index (Phi) is 4.00. The molecule has 0 spiro atoms. The van der Waals surface area contributed by atoms with Crippen LogP contribution in [-0.2, 0) is 13.5 Å². The van der Waals surface area contributed by atoms with E-state index in [0.717, 1.165) is 24.5 Å². The third kappa shape index (κ3) is 2.28. The summed E-state index contributed by atoms with van der Waals surface area (Å²) in [6.45, 7) is 3.12. The molecule has 1 N–H and O–H groups in total. The maximum atomic E-state index is 5.40. The van der Waals surface area contributed by atoms with Gasteiger partial charge < -0.3 is 19.4 Å². The van der Waals surface area contributed by atoms with Crippen LogP contribution in [0.4, 0.5) is 0 Å². The van der Waals surface area contributed by atoms with E-state index in [4.69, 9.17) is 9.47 Å². The number of likely N-dealkylation sites (N-methyl/N-ethyl adjacent to an activating group) is 1. The normalized spacial score (nSPS) is 11.0. The first-order valence-electron chi connectivity index (χ1n) is 6.48. The standard InChI is InChI=1S/C15H22N2O2/c1-10-11(6-7-16-2)12-8-14(18-4)15(19-5)9-13(12)17(10)3/h8-9,16H,6-7H2,1-5H3. The molecule has 2 aromatic rings. The number of fused-ring (bicyclic) bond motifs is 1. The second-order valence-corrected chi connectivity index (χ2v) is 4.70. The molecule has 1 heterocycles. The zero-order valence-corrected chi connectivity index (χ0v) is 12.3. The minimum atomic E-state index is 0.774. The Morgan fingerprint density at radius 2 is 1.79 bits per heavy atom. The average molecular weight is 262 g/mol. The van der Waals surface area contributed by atoms with Crippen LogP contribution in [0.1, 0.15) is 11.3 Å². The van der Waals surface area contributed by atoms with E-state index in [2.05, 4.69) is 29.9 Å². The van der Waals surface area contributed by atoms with Gasteiger partial charge >= 0.3 is 0 Å². The molecule has 0 atom stereocenters. The van der Waals surface area contributed by atoms with Gasteiger partial charge in [-0.2, -0.15) is 0 Å². The number of hydrogen-bond acceptors (Lipinski definition) is 3. The highest BCUT2D eigenvalue weighted by Gasteiger charge is 2.15. The minimum Gasteiger partial charge on any atom is -0.493 e. The van der Waals surface area contributed by atoms with Crippen molar-refractivity contribution < 1.29 is 9.47 Å². The number of rotatable bonds is 5. The molecule has 1 aromatic heterocycles. The van der Waals surface area contributed by atoms with Gasteiger partial charge in [0.05, 0.1) is 19.7 Å². The highest BCUT2D eigenvalue weighted by Crippen LogP contribution is 2.35. The molecule has 0 aliphatic carbocycles. The number of nitrogens with one attached hydrogen (secondary N) is 1. The summed E-state index contributed by atoms with van der Waals surface area (Å²) in [6, 6.07) is 4.12. The highest BCUT2D eigenvalue weighted by atomic mass is 16.5. The molecule has 1 aromatic carbocycles. The largest absolute Gasteiger partial charge is 0.493 e. The van der Waals surface area contributed by atoms with Gasteiger partial charge in [-0.25, -0.2) is 0 Å². The third-order valence-corrected chi connectivity index (χ3v) is 3.75. The molecular weight excluding hydrogens is 240 g/mol. The maximum absolute atomic E-state index is 5.40. The van der Waals surface area contributed by atoms with E-state index in [0.29, 0.717) is 0 Å². The number of ether oxygens (including phenoxy) is 2. The van der Waals surface area contributed by atoms with Gasteiger partial charge in [0.15, 0.2) is 11.5 Å². The minimum absolute atomic E-state index is 0.774. The van der Waals surface area contributed by atoms with E-state index in [9.17, 15) is 0 Å². The molecular formula is C15H22N2O2. The monoisotopic (exact) mass is 262 g/mol. The molecule has 104 valence electrons. The maximum Gasteiger partial charge on any atom is 0.162 e. The van der Waals surface area contributed by atoms with Gasteiger partial charge in [0.1, 0.15) is 0 Å². The van der Waals surface area contributed by atoms with Crippen molar-refractivity contribution >= 4 is 10.9 Å². The van der Waals surface area contributed by atoms with E-state index < -0.39 is 0 Å². The van der Waals surface area contributed by atoms with Crippen LogP contribution in [0.5, 0.6) is 11.5 Å². The summed E-state index contributed by atoms with van der Waals surface area (Å²) in [4.78, 5) is 0. The second kappa shape index (κ2) is 5.53. The van der Waals surface area contributed by atoms with Crippen LogP contribution in [0.2, 0.25) is 0 Å². The quantitative estimate of drug-likeness (QED) is 0.898. The number of aromatic nitrogens is 1. The fourth-order valence-corrected chi connectivity index (χ4v) is 2.53. The van der Waals surface area contributed by atoms with Gasteiger partial charge in [0.2, 0.25) is 0 Å². The lowest BCUT2D eigenvalue weighted by Gasteiger charge is -2.08. The molecule has 0 saturated carbocycles. The Morgan fingerprint density at radius 3 is 2.37 bits per heavy atom. The van der Waals surface area contributed by atoms with Crippen LogP contribution in [-0.4, -0.2) is 32.4 Å². The summed E-state index contributed by atoms with van der Waals surface area (Å²) in [7, 11) is 7.41. The van der Waals surface area contributed by atoms with Gasteiger partial charge in [0, 0.05) is 24.2 Å². The Morgan fingerprint density at radius 1 is 1.16 bits per heavy atom. The zero-order valence-electron chi connectivity index (χ0n) is 12.3. The summed E-state index contributed by atoms with van der Waals surface area (Å²) >= 11 is 0. The summed E-state index contributed by atoms with van der Waals surface area (Å²) in [6.07, 6.45) is 1.01. The SMILES string of the molecule is CNCCc1c(C)n(C)c2cc(OC)c(OC)cc12. The van der Waals surface area contributed by atoms with E-state index in [1.54, 1.807) is 14.2 Å². The lowest BCUT2D eigenvalue weighted by Crippen LogP contribution is -2.10. The Labute approximate surface area is 114 Å². The highest BCUT2D eigenvalue weighted by molar-refractivity contribution is 5.88. The fourth-order valence-electron chi connectivity index (χ4n) is 2.53. The van der Waals surface area contributed by atoms with Crippen molar-refractivity contribution in [2.24, 2.45) is 7.05 Å². The van der Waals surface area contributed by atoms with Crippen LogP contribution in [0, 0.1) is 6.92 Å². The number of benzene rings is 1. The van der Waals surface area contributed by atoms with Crippen LogP contribution < -0.4 is 14.8 Å². The molecule has 0 unspecified atom stereocenters. The Balaban J connectivity index is 2.65. The van der Waals surface area contributed by atoms with E-state index in [1.165, 1.54) is 22.2 Å². The Bertz CT molecular complexity index is 588. The smallest absolute Gasteiger partial charge is 0.162 e. The molecule has 0 fully saturated rings. The average Bonchev–Trinajstić information content (AvgIpc) is 2.67. The van der Waals surface area contributed by atoms with Gasteiger partial charge in [0.25, 0.3) is 0 Å². The van der Waals surface area contributed by atoms with Crippen molar-refractivity contribution in [3.63, 3.8) is 0 Å². The summed E-state index contributed by atoms with van der Waals surface area (Å²) in [5.74, 6) is 1.56. The molecule has 0 bridgehead atoms. The number of nitrogens with zero attached hydrogens (tertiary/aromatic N) is 1. The molecule has 0 saturated heterocycles. The van der Waals surface area contributed by atoms with Crippen molar-refractivity contribution in [2.75, 3.05) is 27.8 Å². The molecule has 19 heavy (non-hydrogen) atoms. The molecule has 0 aliphatic heterocycles. The number of hydrogen-bond donors (Lipinski definition) is 1. The van der Waals surface area contributed by atoms with Crippen LogP contribution in [0.3, 0.4) is 0 Å². The van der Waals surface area contributed by atoms with Gasteiger partial charge in [-0.1, -0.05) is 0 Å². The second-order valence-electron chi connectivity index (χ2n) is 4.70. The third-order valence-electron chi connectivity index (χ3n) is 3.75. The van der Waals surface area contributed by atoms with Gasteiger partial charge in [-0.15, -0.1) is 0 Å². The van der Waals surface area contributed by atoms with Crippen molar-refractivity contribution in [3.05, 3.63) is 23.4 Å². The lowest BCUT2D eigenvalue weighted by atomic mass is 10.1. The zero-order chi connectivity index (χ0) is 14.0. The first kappa shape index (κ1) is 13.7. The van der Waals surface area contributed by atoms with Crippen molar-refractivity contribution in [1.29, 1.82) is 0 Å². The molecule has 2 rings (SSSR count). The predicted molar refractivity (Wildman–Crippen MR) is 78.4 cm³/mol. The Hall–Kier alpha value is -1.68. The molecule has 4 nitrogen and oxygen atoms in total. The van der Waals surface area contributed by atoms with Crippen molar-refractivity contribution in [3.8, 4) is 11.5 Å². The van der Waals surface area contributed by atoms with Crippen LogP contribution >= 0.6 is 0 Å². The predicted octanol–water partition coefficient (Wildman–Crippen LogP) is 2.27. The van der Waals surface area contributed by atoms with Crippen molar-refractivity contribution in [1.82, 2.24) is 9.88 Å². The summed E-state index contributed by atoms with van der Waals surface area (Å²) < 4.78 is 13.0. The first-order valence-corrected chi connectivity index (χ1v) is 6.48. The van der Waals surface area contributed by atoms with E-state index >= 15 is 0 Å². The number of methoxy groups -OCH3 is 2. The summed E-state index contributed by atoms with van der Waals surface area (Å²) in [5.41, 5.74) is 3.84. The van der Waals surface area contributed by atoms with Gasteiger partial charge in [-0.05, 0) is 38.6 Å². The van der Waals surface area contributed by atoms with Crippen LogP contribution in [0.25, 0.3) is 10.9 Å². The molecule has 0 radical (unpaired) electrons. The van der Waals surface area contributed by atoms with Crippen LogP contribution in [0.15, 0.2) is 12.1 Å². The topological polar surface area (TPSA) is 35.4 Å². The molecule has 4 heteroatoms. The van der Waals surface area contributed by atoms with E-state index in [-0.39, 0.29) is 0 Å². The van der Waals surface area contributed by atoms with Crippen molar-refractivity contribution in [2.45, 2.75) is 13.3 Å². The number of aryl methyl sites for hydroxylation is 1. The molecule has 0 aliphatic rings.